The maximum absolute atomic E-state index is 6.33. The second-order valence-corrected chi connectivity index (χ2v) is 7.92. The highest BCUT2D eigenvalue weighted by Gasteiger charge is 2.52. The molecule has 4 heteroatoms. The summed E-state index contributed by atoms with van der Waals surface area (Å²) in [5, 5.41) is 3.74. The Kier molecular flexibility index (Phi) is 5.04. The summed E-state index contributed by atoms with van der Waals surface area (Å²) in [5.41, 5.74) is 0.174. The Morgan fingerprint density at radius 3 is 2.00 bits per heavy atom. The van der Waals surface area contributed by atoms with E-state index in [0.29, 0.717) is 6.04 Å². The second-order valence-electron chi connectivity index (χ2n) is 7.92. The summed E-state index contributed by atoms with van der Waals surface area (Å²) in [4.78, 5) is 0. The third kappa shape index (κ3) is 3.44. The smallest absolute Gasteiger partial charge is 0.115 e. The molecule has 1 unspecified atom stereocenters. The standard InChI is InChI=1S/C17H33NO3/c1-7-16(9-19-10-16)21-14(4)8-15(5,6)17(11-20-12-17)18-13(2)3/h13-14,18H,7-12H2,1-6H3. The fourth-order valence-corrected chi connectivity index (χ4v) is 3.60. The predicted octanol–water partition coefficient (Wildman–Crippen LogP) is 2.75. The second kappa shape index (κ2) is 6.15. The summed E-state index contributed by atoms with van der Waals surface area (Å²) in [5.74, 6) is 0. The molecule has 124 valence electrons. The quantitative estimate of drug-likeness (QED) is 0.748. The molecule has 0 aromatic rings. The third-order valence-electron chi connectivity index (χ3n) is 5.18. The van der Waals surface area contributed by atoms with Gasteiger partial charge in [0, 0.05) is 6.04 Å². The average molecular weight is 299 g/mol. The van der Waals surface area contributed by atoms with E-state index in [9.17, 15) is 0 Å². The van der Waals surface area contributed by atoms with Crippen molar-refractivity contribution in [2.75, 3.05) is 26.4 Å². The van der Waals surface area contributed by atoms with Crippen LogP contribution in [0.5, 0.6) is 0 Å². The molecule has 0 aliphatic carbocycles. The molecule has 1 atom stereocenters. The van der Waals surface area contributed by atoms with E-state index in [1.54, 1.807) is 0 Å². The minimum Gasteiger partial charge on any atom is -0.377 e. The van der Waals surface area contributed by atoms with Gasteiger partial charge in [-0.1, -0.05) is 34.6 Å². The maximum atomic E-state index is 6.33. The lowest BCUT2D eigenvalue weighted by atomic mass is 9.67. The molecule has 0 aromatic carbocycles. The summed E-state index contributed by atoms with van der Waals surface area (Å²) >= 11 is 0. The molecule has 0 aromatic heterocycles. The van der Waals surface area contributed by atoms with Crippen LogP contribution < -0.4 is 5.32 Å². The fourth-order valence-electron chi connectivity index (χ4n) is 3.60. The molecule has 2 fully saturated rings. The summed E-state index contributed by atoms with van der Waals surface area (Å²) in [6.07, 6.45) is 2.28. The Morgan fingerprint density at radius 1 is 1.10 bits per heavy atom. The van der Waals surface area contributed by atoms with E-state index in [4.69, 9.17) is 14.2 Å². The fraction of sp³-hybridized carbons (Fsp3) is 1.00. The van der Waals surface area contributed by atoms with Gasteiger partial charge >= 0.3 is 0 Å². The minimum atomic E-state index is -0.0375. The molecule has 2 aliphatic heterocycles. The van der Waals surface area contributed by atoms with Gasteiger partial charge in [0.25, 0.3) is 0 Å². The van der Waals surface area contributed by atoms with E-state index in [0.717, 1.165) is 39.3 Å². The Balaban J connectivity index is 1.95. The molecular formula is C17H33NO3. The van der Waals surface area contributed by atoms with Gasteiger partial charge in [0.15, 0.2) is 0 Å². The number of rotatable bonds is 8. The zero-order chi connectivity index (χ0) is 15.7. The lowest BCUT2D eigenvalue weighted by Crippen LogP contribution is -2.70. The molecule has 2 heterocycles. The van der Waals surface area contributed by atoms with Crippen LogP contribution in [0.3, 0.4) is 0 Å². The van der Waals surface area contributed by atoms with Gasteiger partial charge in [0.2, 0.25) is 0 Å². The number of ether oxygens (including phenoxy) is 3. The van der Waals surface area contributed by atoms with Crippen LogP contribution in [0.4, 0.5) is 0 Å². The van der Waals surface area contributed by atoms with Crippen LogP contribution in [0.1, 0.15) is 54.4 Å². The van der Waals surface area contributed by atoms with E-state index in [2.05, 4.69) is 46.9 Å². The first-order valence-electron chi connectivity index (χ1n) is 8.35. The van der Waals surface area contributed by atoms with Gasteiger partial charge in [0.05, 0.1) is 38.1 Å². The van der Waals surface area contributed by atoms with Crippen molar-refractivity contribution in [3.8, 4) is 0 Å². The minimum absolute atomic E-state index is 0.0375. The molecule has 4 nitrogen and oxygen atoms in total. The highest BCUT2D eigenvalue weighted by atomic mass is 16.6. The first-order valence-corrected chi connectivity index (χ1v) is 8.35. The van der Waals surface area contributed by atoms with Crippen LogP contribution >= 0.6 is 0 Å². The first kappa shape index (κ1) is 17.2. The number of nitrogens with one attached hydrogen (secondary N) is 1. The van der Waals surface area contributed by atoms with Gasteiger partial charge < -0.3 is 19.5 Å². The predicted molar refractivity (Wildman–Crippen MR) is 84.6 cm³/mol. The zero-order valence-electron chi connectivity index (χ0n) is 14.6. The summed E-state index contributed by atoms with van der Waals surface area (Å²) in [7, 11) is 0. The largest absolute Gasteiger partial charge is 0.377 e. The topological polar surface area (TPSA) is 39.7 Å². The molecule has 0 bridgehead atoms. The molecule has 0 amide bonds. The van der Waals surface area contributed by atoms with Crippen LogP contribution in [-0.4, -0.2) is 49.7 Å². The summed E-state index contributed by atoms with van der Waals surface area (Å²) in [6.45, 7) is 16.5. The Bertz CT molecular complexity index is 340. The molecular weight excluding hydrogens is 266 g/mol. The first-order chi connectivity index (χ1) is 9.74. The third-order valence-corrected chi connectivity index (χ3v) is 5.18. The van der Waals surface area contributed by atoms with Crippen LogP contribution in [-0.2, 0) is 14.2 Å². The van der Waals surface area contributed by atoms with E-state index in [-0.39, 0.29) is 22.7 Å². The Morgan fingerprint density at radius 2 is 1.67 bits per heavy atom. The van der Waals surface area contributed by atoms with Gasteiger partial charge in [-0.3, -0.25) is 0 Å². The maximum Gasteiger partial charge on any atom is 0.115 e. The van der Waals surface area contributed by atoms with E-state index in [1.165, 1.54) is 0 Å². The number of hydrogen-bond donors (Lipinski definition) is 1. The Hall–Kier alpha value is -0.160. The van der Waals surface area contributed by atoms with Gasteiger partial charge in [-0.05, 0) is 25.2 Å². The van der Waals surface area contributed by atoms with Crippen LogP contribution in [0, 0.1) is 5.41 Å². The van der Waals surface area contributed by atoms with Crippen molar-refractivity contribution >= 4 is 0 Å². The van der Waals surface area contributed by atoms with Crippen molar-refractivity contribution < 1.29 is 14.2 Å². The Labute approximate surface area is 129 Å². The number of hydrogen-bond acceptors (Lipinski definition) is 4. The van der Waals surface area contributed by atoms with Crippen molar-refractivity contribution in [1.29, 1.82) is 0 Å². The molecule has 21 heavy (non-hydrogen) atoms. The van der Waals surface area contributed by atoms with Crippen LogP contribution in [0.25, 0.3) is 0 Å². The summed E-state index contributed by atoms with van der Waals surface area (Å²) in [6, 6.07) is 0.464. The zero-order valence-corrected chi connectivity index (χ0v) is 14.6. The van der Waals surface area contributed by atoms with Crippen molar-refractivity contribution in [2.24, 2.45) is 5.41 Å². The molecule has 2 aliphatic rings. The molecule has 2 saturated heterocycles. The average Bonchev–Trinajstić information content (AvgIpc) is 2.27. The van der Waals surface area contributed by atoms with E-state index >= 15 is 0 Å². The lowest BCUT2D eigenvalue weighted by molar-refractivity contribution is -0.237. The summed E-state index contributed by atoms with van der Waals surface area (Å²) < 4.78 is 17.2. The SMILES string of the molecule is CCC1(OC(C)CC(C)(C)C2(NC(C)C)COC2)COC1. The monoisotopic (exact) mass is 299 g/mol. The van der Waals surface area contributed by atoms with Gasteiger partial charge in [-0.25, -0.2) is 0 Å². The highest BCUT2D eigenvalue weighted by molar-refractivity contribution is 5.06. The molecule has 1 N–H and O–H groups in total. The van der Waals surface area contributed by atoms with Crippen molar-refractivity contribution in [2.45, 2.75) is 77.7 Å². The van der Waals surface area contributed by atoms with Gasteiger partial charge in [0.1, 0.15) is 5.60 Å². The highest BCUT2D eigenvalue weighted by Crippen LogP contribution is 2.42. The molecule has 0 saturated carbocycles. The van der Waals surface area contributed by atoms with E-state index < -0.39 is 0 Å². The van der Waals surface area contributed by atoms with Crippen molar-refractivity contribution in [1.82, 2.24) is 5.32 Å². The van der Waals surface area contributed by atoms with Crippen LogP contribution in [0.2, 0.25) is 0 Å². The van der Waals surface area contributed by atoms with E-state index in [1.807, 2.05) is 0 Å². The lowest BCUT2D eigenvalue weighted by Gasteiger charge is -2.55. The molecule has 2 rings (SSSR count). The van der Waals surface area contributed by atoms with Gasteiger partial charge in [-0.15, -0.1) is 0 Å². The van der Waals surface area contributed by atoms with Crippen molar-refractivity contribution in [3.63, 3.8) is 0 Å². The van der Waals surface area contributed by atoms with Gasteiger partial charge in [-0.2, -0.15) is 0 Å². The van der Waals surface area contributed by atoms with Crippen LogP contribution in [0.15, 0.2) is 0 Å². The molecule has 0 spiro atoms. The normalized spacial score (nSPS) is 25.3. The van der Waals surface area contributed by atoms with Crippen molar-refractivity contribution in [3.05, 3.63) is 0 Å². The molecule has 0 radical (unpaired) electrons.